The molecule has 6 heteroatoms. The molecule has 0 spiro atoms. The maximum absolute atomic E-state index is 12.3. The summed E-state index contributed by atoms with van der Waals surface area (Å²) in [6.07, 6.45) is 0. The molecule has 5 nitrogen and oxygen atoms in total. The second-order valence-corrected chi connectivity index (χ2v) is 6.44. The van der Waals surface area contributed by atoms with Crippen molar-refractivity contribution >= 4 is 15.7 Å². The van der Waals surface area contributed by atoms with Gasteiger partial charge in [0.2, 0.25) is 10.0 Å². The van der Waals surface area contributed by atoms with Gasteiger partial charge >= 0.3 is 0 Å². The van der Waals surface area contributed by atoms with Gasteiger partial charge in [-0.05, 0) is 31.5 Å². The molecule has 0 aliphatic carbocycles. The molecule has 114 valence electrons. The van der Waals surface area contributed by atoms with E-state index in [0.29, 0.717) is 25.4 Å². The van der Waals surface area contributed by atoms with E-state index in [1.54, 1.807) is 13.2 Å². The quantitative estimate of drug-likeness (QED) is 0.653. The lowest BCUT2D eigenvalue weighted by Gasteiger charge is -2.23. The van der Waals surface area contributed by atoms with Crippen LogP contribution in [0.25, 0.3) is 0 Å². The molecule has 0 aliphatic heterocycles. The van der Waals surface area contributed by atoms with E-state index in [0.717, 1.165) is 5.56 Å². The molecule has 1 aromatic rings. The van der Waals surface area contributed by atoms with Crippen molar-refractivity contribution in [3.63, 3.8) is 0 Å². The summed E-state index contributed by atoms with van der Waals surface area (Å²) in [6.45, 7) is 5.22. The predicted molar refractivity (Wildman–Crippen MR) is 80.7 cm³/mol. The topological polar surface area (TPSA) is 55.8 Å². The highest BCUT2D eigenvalue weighted by atomic mass is 32.2. The Morgan fingerprint density at radius 3 is 2.55 bits per heavy atom. The summed E-state index contributed by atoms with van der Waals surface area (Å²) < 4.78 is 36.1. The number of methoxy groups -OCH3 is 1. The van der Waals surface area contributed by atoms with Gasteiger partial charge in [-0.15, -0.1) is 0 Å². The van der Waals surface area contributed by atoms with Crippen molar-refractivity contribution in [1.29, 1.82) is 0 Å². The Labute approximate surface area is 121 Å². The Morgan fingerprint density at radius 1 is 1.20 bits per heavy atom. The first-order chi connectivity index (χ1) is 9.51. The molecule has 0 radical (unpaired) electrons. The largest absolute Gasteiger partial charge is 0.382 e. The highest BCUT2D eigenvalue weighted by Gasteiger charge is 2.20. The van der Waals surface area contributed by atoms with Crippen molar-refractivity contribution in [2.24, 2.45) is 0 Å². The number of aryl methyl sites for hydroxylation is 1. The van der Waals surface area contributed by atoms with E-state index in [9.17, 15) is 8.42 Å². The number of hydrogen-bond donors (Lipinski definition) is 0. The maximum atomic E-state index is 12.3. The number of rotatable bonds is 9. The van der Waals surface area contributed by atoms with E-state index < -0.39 is 10.0 Å². The van der Waals surface area contributed by atoms with Crippen LogP contribution in [-0.2, 0) is 19.5 Å². The fraction of sp³-hybridized carbons (Fsp3) is 0.571. The molecule has 0 saturated heterocycles. The smallest absolute Gasteiger partial charge is 0.237 e. The molecule has 0 fully saturated rings. The third-order valence-electron chi connectivity index (χ3n) is 2.83. The number of benzene rings is 1. The molecule has 1 rings (SSSR count). The van der Waals surface area contributed by atoms with Crippen LogP contribution in [0.1, 0.15) is 12.5 Å². The van der Waals surface area contributed by atoms with Crippen molar-refractivity contribution < 1.29 is 17.9 Å². The highest BCUT2D eigenvalue weighted by molar-refractivity contribution is 7.92. The molecule has 0 aliphatic rings. The van der Waals surface area contributed by atoms with Gasteiger partial charge in [0.05, 0.1) is 31.3 Å². The molecule has 0 heterocycles. The van der Waals surface area contributed by atoms with E-state index in [1.807, 2.05) is 32.0 Å². The third kappa shape index (κ3) is 5.11. The van der Waals surface area contributed by atoms with Gasteiger partial charge in [-0.3, -0.25) is 4.31 Å². The lowest BCUT2D eigenvalue weighted by atomic mass is 10.2. The van der Waals surface area contributed by atoms with E-state index >= 15 is 0 Å². The first-order valence-electron chi connectivity index (χ1n) is 6.65. The van der Waals surface area contributed by atoms with Gasteiger partial charge in [0, 0.05) is 13.7 Å². The van der Waals surface area contributed by atoms with Crippen LogP contribution in [0.15, 0.2) is 24.3 Å². The zero-order chi connectivity index (χ0) is 15.0. The number of nitrogens with zero attached hydrogens (tertiary/aromatic N) is 1. The Morgan fingerprint density at radius 2 is 1.95 bits per heavy atom. The molecule has 0 unspecified atom stereocenters. The van der Waals surface area contributed by atoms with Crippen molar-refractivity contribution in [2.45, 2.75) is 13.8 Å². The predicted octanol–water partition coefficient (Wildman–Crippen LogP) is 1.81. The summed E-state index contributed by atoms with van der Waals surface area (Å²) in [4.78, 5) is 0. The van der Waals surface area contributed by atoms with Gasteiger partial charge in [-0.2, -0.15) is 0 Å². The Kier molecular flexibility index (Phi) is 6.98. The lowest BCUT2D eigenvalue weighted by molar-refractivity contribution is 0.0785. The molecule has 1 aromatic carbocycles. The van der Waals surface area contributed by atoms with Gasteiger partial charge in [0.25, 0.3) is 0 Å². The van der Waals surface area contributed by atoms with Crippen molar-refractivity contribution in [2.75, 3.05) is 43.5 Å². The maximum Gasteiger partial charge on any atom is 0.237 e. The Balaban J connectivity index is 2.68. The molecule has 0 N–H and O–H groups in total. The lowest BCUT2D eigenvalue weighted by Crippen LogP contribution is -2.34. The van der Waals surface area contributed by atoms with Gasteiger partial charge in [0.1, 0.15) is 0 Å². The minimum atomic E-state index is -3.36. The Hall–Kier alpha value is -1.11. The van der Waals surface area contributed by atoms with Crippen LogP contribution in [0.2, 0.25) is 0 Å². The number of sulfonamides is 1. The standard InChI is InChI=1S/C14H23NO4S/c1-4-15(14-7-5-6-13(2)12-14)20(16,17)11-10-19-9-8-18-3/h5-7,12H,4,8-11H2,1-3H3. The zero-order valence-corrected chi connectivity index (χ0v) is 13.1. The summed E-state index contributed by atoms with van der Waals surface area (Å²) in [6, 6.07) is 7.47. The number of anilines is 1. The monoisotopic (exact) mass is 301 g/mol. The summed E-state index contributed by atoms with van der Waals surface area (Å²) in [7, 11) is -1.78. The molecular weight excluding hydrogens is 278 g/mol. The van der Waals surface area contributed by atoms with Crippen LogP contribution in [0.3, 0.4) is 0 Å². The van der Waals surface area contributed by atoms with E-state index in [-0.39, 0.29) is 12.4 Å². The van der Waals surface area contributed by atoms with E-state index in [2.05, 4.69) is 0 Å². The fourth-order valence-corrected chi connectivity index (χ4v) is 3.22. The SMILES string of the molecule is CCN(c1cccc(C)c1)S(=O)(=O)CCOCCOC. The van der Waals surface area contributed by atoms with Crippen LogP contribution >= 0.6 is 0 Å². The van der Waals surface area contributed by atoms with Crippen LogP contribution in [0.4, 0.5) is 5.69 Å². The van der Waals surface area contributed by atoms with Crippen molar-refractivity contribution in [1.82, 2.24) is 0 Å². The molecule has 0 bridgehead atoms. The van der Waals surface area contributed by atoms with Crippen molar-refractivity contribution in [3.8, 4) is 0 Å². The van der Waals surface area contributed by atoms with Crippen LogP contribution < -0.4 is 4.31 Å². The normalized spacial score (nSPS) is 11.6. The zero-order valence-electron chi connectivity index (χ0n) is 12.3. The molecular formula is C14H23NO4S. The molecule has 0 saturated carbocycles. The summed E-state index contributed by atoms with van der Waals surface area (Å²) in [5.74, 6) is -0.0293. The number of hydrogen-bond acceptors (Lipinski definition) is 4. The molecule has 0 amide bonds. The molecule has 0 atom stereocenters. The van der Waals surface area contributed by atoms with Gasteiger partial charge in [-0.1, -0.05) is 12.1 Å². The van der Waals surface area contributed by atoms with E-state index in [1.165, 1.54) is 4.31 Å². The summed E-state index contributed by atoms with van der Waals surface area (Å²) in [5.41, 5.74) is 1.73. The summed E-state index contributed by atoms with van der Waals surface area (Å²) >= 11 is 0. The second-order valence-electron chi connectivity index (χ2n) is 4.42. The minimum Gasteiger partial charge on any atom is -0.382 e. The average molecular weight is 301 g/mol. The Bertz CT molecular complexity index is 502. The van der Waals surface area contributed by atoms with Gasteiger partial charge in [0.15, 0.2) is 0 Å². The van der Waals surface area contributed by atoms with E-state index in [4.69, 9.17) is 9.47 Å². The first kappa shape index (κ1) is 16.9. The highest BCUT2D eigenvalue weighted by Crippen LogP contribution is 2.19. The minimum absolute atomic E-state index is 0.0293. The van der Waals surface area contributed by atoms with Gasteiger partial charge < -0.3 is 9.47 Å². The number of ether oxygens (including phenoxy) is 2. The van der Waals surface area contributed by atoms with Crippen molar-refractivity contribution in [3.05, 3.63) is 29.8 Å². The first-order valence-corrected chi connectivity index (χ1v) is 8.26. The average Bonchev–Trinajstić information content (AvgIpc) is 2.39. The fourth-order valence-electron chi connectivity index (χ4n) is 1.84. The van der Waals surface area contributed by atoms with Crippen LogP contribution in [-0.4, -0.2) is 47.6 Å². The van der Waals surface area contributed by atoms with Crippen LogP contribution in [0, 0.1) is 6.92 Å². The third-order valence-corrected chi connectivity index (χ3v) is 4.65. The summed E-state index contributed by atoms with van der Waals surface area (Å²) in [5, 5.41) is 0. The molecule has 20 heavy (non-hydrogen) atoms. The van der Waals surface area contributed by atoms with Crippen LogP contribution in [0.5, 0.6) is 0 Å². The second kappa shape index (κ2) is 8.24. The molecule has 0 aromatic heterocycles. The van der Waals surface area contributed by atoms with Gasteiger partial charge in [-0.25, -0.2) is 8.42 Å².